The molecule has 4 rings (SSSR count). The van der Waals surface area contributed by atoms with Crippen LogP contribution in [0.4, 0.5) is 5.69 Å². The molecule has 1 unspecified atom stereocenters. The number of ether oxygens (including phenoxy) is 1. The van der Waals surface area contributed by atoms with E-state index in [0.717, 1.165) is 50.2 Å². The van der Waals surface area contributed by atoms with Gasteiger partial charge < -0.3 is 14.5 Å². The smallest absolute Gasteiger partial charge is 0.253 e. The Balaban J connectivity index is 1.39. The molecule has 1 fully saturated rings. The molecular weight excluding hydrogens is 324 g/mol. The van der Waals surface area contributed by atoms with Crippen LogP contribution in [0, 0.1) is 5.92 Å². The Labute approximate surface area is 155 Å². The molecule has 136 valence electrons. The van der Waals surface area contributed by atoms with E-state index in [9.17, 15) is 4.79 Å². The summed E-state index contributed by atoms with van der Waals surface area (Å²) in [6.45, 7) is 3.33. The second-order valence-corrected chi connectivity index (χ2v) is 7.40. The predicted octanol–water partition coefficient (Wildman–Crippen LogP) is 3.61. The van der Waals surface area contributed by atoms with Crippen molar-refractivity contribution in [3.8, 4) is 5.75 Å². The first kappa shape index (κ1) is 17.0. The standard InChI is InChI=1S/C22H26N2O2/c1-23-13-11-18-14-19(9-10-21(18)23)22(25)24-12-5-6-17(15-24)16-26-20-7-3-2-4-8-20/h2-4,7-10,14,17H,5-6,11-13,15-16H2,1H3. The minimum absolute atomic E-state index is 0.159. The van der Waals surface area contributed by atoms with E-state index < -0.39 is 0 Å². The van der Waals surface area contributed by atoms with Crippen LogP contribution in [-0.4, -0.2) is 44.1 Å². The summed E-state index contributed by atoms with van der Waals surface area (Å²) < 4.78 is 5.91. The first-order valence-electron chi connectivity index (χ1n) is 9.52. The number of likely N-dealkylation sites (tertiary alicyclic amines) is 1. The summed E-state index contributed by atoms with van der Waals surface area (Å²) >= 11 is 0. The van der Waals surface area contributed by atoms with Gasteiger partial charge in [-0.15, -0.1) is 0 Å². The van der Waals surface area contributed by atoms with Gasteiger partial charge in [0.15, 0.2) is 0 Å². The molecule has 0 aromatic heterocycles. The Kier molecular flexibility index (Phi) is 4.83. The zero-order valence-corrected chi connectivity index (χ0v) is 15.4. The molecular formula is C22H26N2O2. The molecule has 0 saturated carbocycles. The quantitative estimate of drug-likeness (QED) is 0.844. The molecule has 2 aromatic carbocycles. The summed E-state index contributed by atoms with van der Waals surface area (Å²) in [6.07, 6.45) is 3.19. The lowest BCUT2D eigenvalue weighted by Gasteiger charge is -2.33. The van der Waals surface area contributed by atoms with E-state index in [1.165, 1.54) is 11.3 Å². The van der Waals surface area contributed by atoms with Crippen molar-refractivity contribution in [3.63, 3.8) is 0 Å². The van der Waals surface area contributed by atoms with E-state index in [-0.39, 0.29) is 5.91 Å². The number of carbonyl (C=O) groups is 1. The SMILES string of the molecule is CN1CCc2cc(C(=O)N3CCCC(COc4ccccc4)C3)ccc21. The van der Waals surface area contributed by atoms with Crippen molar-refractivity contribution in [1.29, 1.82) is 0 Å². The van der Waals surface area contributed by atoms with E-state index in [4.69, 9.17) is 4.74 Å². The number of likely N-dealkylation sites (N-methyl/N-ethyl adjacent to an activating group) is 1. The van der Waals surface area contributed by atoms with Gasteiger partial charge >= 0.3 is 0 Å². The summed E-state index contributed by atoms with van der Waals surface area (Å²) in [5, 5.41) is 0. The number of fused-ring (bicyclic) bond motifs is 1. The van der Waals surface area contributed by atoms with Crippen LogP contribution >= 0.6 is 0 Å². The fourth-order valence-corrected chi connectivity index (χ4v) is 4.00. The molecule has 1 saturated heterocycles. The Morgan fingerprint density at radius 3 is 2.85 bits per heavy atom. The number of nitrogens with zero attached hydrogens (tertiary/aromatic N) is 2. The molecule has 0 bridgehead atoms. The maximum absolute atomic E-state index is 13.0. The van der Waals surface area contributed by atoms with Crippen LogP contribution in [-0.2, 0) is 6.42 Å². The highest BCUT2D eigenvalue weighted by Gasteiger charge is 2.26. The zero-order chi connectivity index (χ0) is 17.9. The van der Waals surface area contributed by atoms with Gasteiger partial charge in [0.05, 0.1) is 6.61 Å². The Hall–Kier alpha value is -2.49. The minimum atomic E-state index is 0.159. The van der Waals surface area contributed by atoms with Gasteiger partial charge in [-0.25, -0.2) is 0 Å². The molecule has 2 heterocycles. The molecule has 1 atom stereocenters. The summed E-state index contributed by atoms with van der Waals surface area (Å²) in [4.78, 5) is 17.2. The average molecular weight is 350 g/mol. The normalized spacial score (nSPS) is 19.3. The molecule has 0 aliphatic carbocycles. The van der Waals surface area contributed by atoms with Crippen molar-refractivity contribution in [3.05, 3.63) is 59.7 Å². The van der Waals surface area contributed by atoms with Gasteiger partial charge in [-0.2, -0.15) is 0 Å². The number of amides is 1. The first-order chi connectivity index (χ1) is 12.7. The number of rotatable bonds is 4. The van der Waals surface area contributed by atoms with Crippen LogP contribution in [0.15, 0.2) is 48.5 Å². The first-order valence-corrected chi connectivity index (χ1v) is 9.52. The van der Waals surface area contributed by atoms with E-state index in [1.54, 1.807) is 0 Å². The highest BCUT2D eigenvalue weighted by Crippen LogP contribution is 2.28. The topological polar surface area (TPSA) is 32.8 Å². The van der Waals surface area contributed by atoms with Crippen molar-refractivity contribution in [1.82, 2.24) is 4.90 Å². The third-order valence-electron chi connectivity index (χ3n) is 5.49. The maximum Gasteiger partial charge on any atom is 0.253 e. The van der Waals surface area contributed by atoms with Gasteiger partial charge in [-0.3, -0.25) is 4.79 Å². The summed E-state index contributed by atoms with van der Waals surface area (Å²) in [5.41, 5.74) is 3.37. The lowest BCUT2D eigenvalue weighted by Crippen LogP contribution is -2.41. The van der Waals surface area contributed by atoms with Crippen LogP contribution in [0.25, 0.3) is 0 Å². The molecule has 0 radical (unpaired) electrons. The maximum atomic E-state index is 13.0. The van der Waals surface area contributed by atoms with Crippen molar-refractivity contribution < 1.29 is 9.53 Å². The van der Waals surface area contributed by atoms with Crippen LogP contribution in [0.2, 0.25) is 0 Å². The van der Waals surface area contributed by atoms with E-state index >= 15 is 0 Å². The van der Waals surface area contributed by atoms with Gasteiger partial charge in [0.1, 0.15) is 5.75 Å². The monoisotopic (exact) mass is 350 g/mol. The Morgan fingerprint density at radius 1 is 1.15 bits per heavy atom. The van der Waals surface area contributed by atoms with Crippen molar-refractivity contribution in [2.45, 2.75) is 19.3 Å². The summed E-state index contributed by atoms with van der Waals surface area (Å²) in [5.74, 6) is 1.46. The summed E-state index contributed by atoms with van der Waals surface area (Å²) in [7, 11) is 2.11. The number of carbonyl (C=O) groups excluding carboxylic acids is 1. The fourth-order valence-electron chi connectivity index (χ4n) is 4.00. The average Bonchev–Trinajstić information content (AvgIpc) is 3.07. The minimum Gasteiger partial charge on any atom is -0.493 e. The molecule has 26 heavy (non-hydrogen) atoms. The van der Waals surface area contributed by atoms with Crippen molar-refractivity contribution in [2.24, 2.45) is 5.92 Å². The van der Waals surface area contributed by atoms with Gasteiger partial charge in [0.2, 0.25) is 0 Å². The van der Waals surface area contributed by atoms with Gasteiger partial charge in [0, 0.05) is 43.9 Å². The number of hydrogen-bond donors (Lipinski definition) is 0. The number of hydrogen-bond acceptors (Lipinski definition) is 3. The molecule has 2 aliphatic rings. The number of anilines is 1. The van der Waals surface area contributed by atoms with Crippen LogP contribution in [0.5, 0.6) is 5.75 Å². The Bertz CT molecular complexity index is 775. The van der Waals surface area contributed by atoms with Gasteiger partial charge in [0.25, 0.3) is 5.91 Å². The van der Waals surface area contributed by atoms with Gasteiger partial charge in [-0.1, -0.05) is 18.2 Å². The van der Waals surface area contributed by atoms with E-state index in [0.29, 0.717) is 12.5 Å². The molecule has 2 aromatic rings. The number of piperidine rings is 1. The fraction of sp³-hybridized carbons (Fsp3) is 0.409. The van der Waals surface area contributed by atoms with E-state index in [1.807, 2.05) is 41.3 Å². The molecule has 0 N–H and O–H groups in total. The predicted molar refractivity (Wildman–Crippen MR) is 104 cm³/mol. The largest absolute Gasteiger partial charge is 0.493 e. The highest BCUT2D eigenvalue weighted by atomic mass is 16.5. The molecule has 4 heteroatoms. The third-order valence-corrected chi connectivity index (χ3v) is 5.49. The van der Waals surface area contributed by atoms with Crippen LogP contribution in [0.1, 0.15) is 28.8 Å². The molecule has 4 nitrogen and oxygen atoms in total. The third kappa shape index (κ3) is 3.55. The van der Waals surface area contributed by atoms with Crippen LogP contribution < -0.4 is 9.64 Å². The van der Waals surface area contributed by atoms with Crippen molar-refractivity contribution in [2.75, 3.05) is 38.2 Å². The van der Waals surface area contributed by atoms with Crippen LogP contribution in [0.3, 0.4) is 0 Å². The highest BCUT2D eigenvalue weighted by molar-refractivity contribution is 5.95. The lowest BCUT2D eigenvalue weighted by atomic mass is 9.98. The second kappa shape index (κ2) is 7.40. The summed E-state index contributed by atoms with van der Waals surface area (Å²) in [6, 6.07) is 16.1. The van der Waals surface area contributed by atoms with E-state index in [2.05, 4.69) is 24.1 Å². The van der Waals surface area contributed by atoms with Gasteiger partial charge in [-0.05, 0) is 55.2 Å². The second-order valence-electron chi connectivity index (χ2n) is 7.40. The lowest BCUT2D eigenvalue weighted by molar-refractivity contribution is 0.0633. The molecule has 0 spiro atoms. The van der Waals surface area contributed by atoms with Crippen molar-refractivity contribution >= 4 is 11.6 Å². The molecule has 1 amide bonds. The Morgan fingerprint density at radius 2 is 2.00 bits per heavy atom. The molecule has 2 aliphatic heterocycles. The number of para-hydroxylation sites is 1. The number of benzene rings is 2. The zero-order valence-electron chi connectivity index (χ0n) is 15.4.